The minimum atomic E-state index is -0.228. The molecule has 4 aromatic rings. The van der Waals surface area contributed by atoms with Gasteiger partial charge in [-0.2, -0.15) is 0 Å². The Morgan fingerprint density at radius 1 is 1.03 bits per heavy atom. The number of benzene rings is 2. The van der Waals surface area contributed by atoms with Crippen molar-refractivity contribution in [3.63, 3.8) is 0 Å². The molecule has 0 spiro atoms. The third kappa shape index (κ3) is 5.37. The number of anilines is 2. The molecule has 1 aliphatic carbocycles. The van der Waals surface area contributed by atoms with Crippen molar-refractivity contribution in [1.82, 2.24) is 14.9 Å². The second-order valence-electron chi connectivity index (χ2n) is 9.36. The summed E-state index contributed by atoms with van der Waals surface area (Å²) in [6, 6.07) is 16.8. The number of pyridine rings is 2. The summed E-state index contributed by atoms with van der Waals surface area (Å²) in [4.78, 5) is 36.2. The number of aromatic nitrogens is 2. The molecule has 5 rings (SSSR count). The Labute approximate surface area is 214 Å². The first-order valence-corrected chi connectivity index (χ1v) is 12.1. The van der Waals surface area contributed by atoms with Gasteiger partial charge in [-0.15, -0.1) is 0 Å². The molecule has 0 saturated heterocycles. The number of rotatable bonds is 7. The maximum Gasteiger partial charge on any atom is 0.256 e. The summed E-state index contributed by atoms with van der Waals surface area (Å²) in [6.45, 7) is 0.783. The fraction of sp³-hybridized carbons (Fsp3) is 0.214. The van der Waals surface area contributed by atoms with Gasteiger partial charge >= 0.3 is 0 Å². The van der Waals surface area contributed by atoms with Crippen molar-refractivity contribution in [3.05, 3.63) is 94.9 Å². The van der Waals surface area contributed by atoms with E-state index in [1.165, 1.54) is 0 Å². The Bertz CT molecular complexity index is 1440. The molecule has 1 fully saturated rings. The Hall–Kier alpha value is -3.81. The molecule has 0 bridgehead atoms. The number of hydrogen-bond acceptors (Lipinski definition) is 5. The van der Waals surface area contributed by atoms with Gasteiger partial charge in [0.15, 0.2) is 0 Å². The van der Waals surface area contributed by atoms with E-state index in [-0.39, 0.29) is 23.7 Å². The summed E-state index contributed by atoms with van der Waals surface area (Å²) >= 11 is 6.25. The van der Waals surface area contributed by atoms with Gasteiger partial charge in [0.25, 0.3) is 5.91 Å². The van der Waals surface area contributed by atoms with Crippen molar-refractivity contribution < 1.29 is 9.59 Å². The molecule has 2 aromatic carbocycles. The number of halogens is 1. The zero-order valence-corrected chi connectivity index (χ0v) is 20.8. The molecule has 2 aromatic heterocycles. The van der Waals surface area contributed by atoms with Crippen LogP contribution < -0.4 is 10.6 Å². The molecule has 8 heteroatoms. The van der Waals surface area contributed by atoms with Crippen LogP contribution in [0.25, 0.3) is 10.8 Å². The van der Waals surface area contributed by atoms with Crippen LogP contribution in [-0.4, -0.2) is 40.8 Å². The van der Waals surface area contributed by atoms with E-state index in [4.69, 9.17) is 11.6 Å². The average molecular weight is 500 g/mol. The van der Waals surface area contributed by atoms with E-state index in [2.05, 4.69) is 25.5 Å². The van der Waals surface area contributed by atoms with Gasteiger partial charge in [0.1, 0.15) is 5.82 Å². The lowest BCUT2D eigenvalue weighted by Crippen LogP contribution is -2.15. The Morgan fingerprint density at radius 2 is 1.89 bits per heavy atom. The van der Waals surface area contributed by atoms with Crippen LogP contribution in [0, 0.1) is 5.92 Å². The van der Waals surface area contributed by atoms with E-state index in [0.717, 1.165) is 34.9 Å². The number of nitrogens with zero attached hydrogens (tertiary/aromatic N) is 3. The van der Waals surface area contributed by atoms with Gasteiger partial charge in [0.05, 0.1) is 5.02 Å². The zero-order valence-electron chi connectivity index (χ0n) is 20.0. The predicted molar refractivity (Wildman–Crippen MR) is 142 cm³/mol. The van der Waals surface area contributed by atoms with Crippen molar-refractivity contribution >= 4 is 45.7 Å². The maximum absolute atomic E-state index is 12.9. The molecule has 0 radical (unpaired) electrons. The lowest BCUT2D eigenvalue weighted by Gasteiger charge is -2.10. The van der Waals surface area contributed by atoms with E-state index < -0.39 is 0 Å². The Morgan fingerprint density at radius 3 is 2.67 bits per heavy atom. The predicted octanol–water partition coefficient (Wildman–Crippen LogP) is 5.34. The largest absolute Gasteiger partial charge is 0.326 e. The maximum atomic E-state index is 12.9. The summed E-state index contributed by atoms with van der Waals surface area (Å²) < 4.78 is 0. The lowest BCUT2D eigenvalue weighted by molar-refractivity contribution is -0.117. The normalized spacial score (nSPS) is 16.7. The molecule has 2 atom stereocenters. The van der Waals surface area contributed by atoms with Crippen LogP contribution in [-0.2, 0) is 11.3 Å². The summed E-state index contributed by atoms with van der Waals surface area (Å²) in [5, 5.41) is 8.16. The van der Waals surface area contributed by atoms with E-state index in [1.54, 1.807) is 30.7 Å². The van der Waals surface area contributed by atoms with Gasteiger partial charge < -0.3 is 15.5 Å². The number of fused-ring (bicyclic) bond motifs is 1. The Kier molecular flexibility index (Phi) is 6.67. The zero-order chi connectivity index (χ0) is 25.2. The molecule has 2 N–H and O–H groups in total. The molecule has 2 amide bonds. The molecule has 182 valence electrons. The summed E-state index contributed by atoms with van der Waals surface area (Å²) in [6.07, 6.45) is 5.83. The SMILES string of the molecule is CN(C)Cc1ccc(NC(=O)c2cccc([C@@H]3C[C@H]3C(=O)Nc3ccc4cncc(Cl)c4c3)c2)nc1. The topological polar surface area (TPSA) is 87.2 Å². The van der Waals surface area contributed by atoms with Crippen molar-refractivity contribution in [2.75, 3.05) is 24.7 Å². The quantitative estimate of drug-likeness (QED) is 0.358. The molecular formula is C28H26ClN5O2. The van der Waals surface area contributed by atoms with Gasteiger partial charge in [-0.3, -0.25) is 14.6 Å². The number of carbonyl (C=O) groups is 2. The van der Waals surface area contributed by atoms with Crippen molar-refractivity contribution in [2.45, 2.75) is 18.9 Å². The first-order valence-electron chi connectivity index (χ1n) is 11.7. The van der Waals surface area contributed by atoms with E-state index >= 15 is 0 Å². The van der Waals surface area contributed by atoms with Crippen LogP contribution in [0.2, 0.25) is 5.02 Å². The molecular weight excluding hydrogens is 474 g/mol. The Balaban J connectivity index is 1.22. The van der Waals surface area contributed by atoms with Gasteiger partial charge in [-0.05, 0) is 67.9 Å². The minimum absolute atomic E-state index is 0.0404. The third-order valence-electron chi connectivity index (χ3n) is 6.25. The second kappa shape index (κ2) is 10.0. The van der Waals surface area contributed by atoms with Crippen molar-refractivity contribution in [2.24, 2.45) is 5.92 Å². The first-order chi connectivity index (χ1) is 17.4. The van der Waals surface area contributed by atoms with E-state index in [0.29, 0.717) is 22.1 Å². The fourth-order valence-electron chi connectivity index (χ4n) is 4.35. The highest BCUT2D eigenvalue weighted by atomic mass is 35.5. The van der Waals surface area contributed by atoms with Gasteiger partial charge in [0, 0.05) is 53.1 Å². The summed E-state index contributed by atoms with van der Waals surface area (Å²) in [5.41, 5.74) is 3.28. The van der Waals surface area contributed by atoms with Crippen molar-refractivity contribution in [1.29, 1.82) is 0 Å². The molecule has 2 heterocycles. The summed E-state index contributed by atoms with van der Waals surface area (Å²) in [5.74, 6) is 0.172. The number of nitrogens with one attached hydrogen (secondary N) is 2. The monoisotopic (exact) mass is 499 g/mol. The van der Waals surface area contributed by atoms with E-state index in [1.807, 2.05) is 56.6 Å². The highest BCUT2D eigenvalue weighted by Gasteiger charge is 2.44. The standard InChI is InChI=1S/C28H26ClN5O2/c1-34(2)16-17-6-9-26(31-13-17)33-27(35)19-5-3-4-18(10-19)22-12-24(22)28(36)32-21-8-7-20-14-30-15-25(29)23(20)11-21/h3-11,13-15,22,24H,12,16H2,1-2H3,(H,32,36)(H,31,33,35)/t22-,24+/m0/s1. The first kappa shape index (κ1) is 23.9. The number of hydrogen-bond donors (Lipinski definition) is 2. The fourth-order valence-corrected chi connectivity index (χ4v) is 4.57. The molecule has 7 nitrogen and oxygen atoms in total. The molecule has 0 unspecified atom stereocenters. The number of amides is 2. The highest BCUT2D eigenvalue weighted by Crippen LogP contribution is 2.48. The molecule has 1 aliphatic rings. The number of carbonyl (C=O) groups excluding carboxylic acids is 2. The van der Waals surface area contributed by atoms with Crippen LogP contribution in [0.15, 0.2) is 73.2 Å². The van der Waals surface area contributed by atoms with E-state index in [9.17, 15) is 9.59 Å². The minimum Gasteiger partial charge on any atom is -0.326 e. The smallest absolute Gasteiger partial charge is 0.256 e. The third-order valence-corrected chi connectivity index (χ3v) is 6.55. The molecule has 1 saturated carbocycles. The van der Waals surface area contributed by atoms with Crippen LogP contribution >= 0.6 is 11.6 Å². The molecule has 36 heavy (non-hydrogen) atoms. The molecule has 0 aliphatic heterocycles. The van der Waals surface area contributed by atoms with Crippen molar-refractivity contribution in [3.8, 4) is 0 Å². The van der Waals surface area contributed by atoms with Crippen LogP contribution in [0.4, 0.5) is 11.5 Å². The van der Waals surface area contributed by atoms with Crippen LogP contribution in [0.5, 0.6) is 0 Å². The lowest BCUT2D eigenvalue weighted by atomic mass is 10.0. The summed E-state index contributed by atoms with van der Waals surface area (Å²) in [7, 11) is 3.99. The average Bonchev–Trinajstić information content (AvgIpc) is 3.67. The van der Waals surface area contributed by atoms with Crippen LogP contribution in [0.3, 0.4) is 0 Å². The second-order valence-corrected chi connectivity index (χ2v) is 9.77. The van der Waals surface area contributed by atoms with Gasteiger partial charge in [-0.1, -0.05) is 35.9 Å². The highest BCUT2D eigenvalue weighted by molar-refractivity contribution is 6.35. The van der Waals surface area contributed by atoms with Crippen LogP contribution in [0.1, 0.15) is 33.8 Å². The van der Waals surface area contributed by atoms with Gasteiger partial charge in [-0.25, -0.2) is 4.98 Å². The van der Waals surface area contributed by atoms with Gasteiger partial charge in [0.2, 0.25) is 5.91 Å².